The molecule has 10 heteroatoms. The minimum Gasteiger partial charge on any atom is -0.481 e. The largest absolute Gasteiger partial charge is 0.481 e. The minimum absolute atomic E-state index is 0.365. The van der Waals surface area contributed by atoms with E-state index in [1.54, 1.807) is 0 Å². The lowest BCUT2D eigenvalue weighted by Crippen LogP contribution is -2.15. The third-order valence-corrected chi connectivity index (χ3v) is 0.843. The SMILES string of the molecule is CC(=O)O.CC(=O)O.OCC(O)CO.OCC(O)CO. The van der Waals surface area contributed by atoms with Crippen molar-refractivity contribution in [3.63, 3.8) is 0 Å². The normalized spacial score (nSPS) is 8.50. The third kappa shape index (κ3) is 91.7. The van der Waals surface area contributed by atoms with Crippen LogP contribution in [0, 0.1) is 0 Å². The lowest BCUT2D eigenvalue weighted by Gasteiger charge is -1.96. The van der Waals surface area contributed by atoms with Crippen molar-refractivity contribution < 1.29 is 50.4 Å². The Morgan fingerprint density at radius 1 is 0.700 bits per heavy atom. The Morgan fingerprint density at radius 2 is 0.800 bits per heavy atom. The molecule has 0 heterocycles. The first-order valence-electron chi connectivity index (χ1n) is 5.27. The molecule has 0 aromatic carbocycles. The van der Waals surface area contributed by atoms with Crippen molar-refractivity contribution >= 4 is 11.9 Å². The summed E-state index contributed by atoms with van der Waals surface area (Å²) in [5.41, 5.74) is 0. The number of carboxylic acids is 2. The molecule has 20 heavy (non-hydrogen) atoms. The van der Waals surface area contributed by atoms with Crippen LogP contribution in [0.4, 0.5) is 0 Å². The van der Waals surface area contributed by atoms with Gasteiger partial charge in [-0.05, 0) is 0 Å². The van der Waals surface area contributed by atoms with Crippen LogP contribution in [0.2, 0.25) is 0 Å². The predicted octanol–water partition coefficient (Wildman–Crippen LogP) is -3.15. The Morgan fingerprint density at radius 3 is 0.800 bits per heavy atom. The molecule has 0 aliphatic carbocycles. The van der Waals surface area contributed by atoms with Crippen molar-refractivity contribution in [1.82, 2.24) is 0 Å². The Bertz CT molecular complexity index is 170. The van der Waals surface area contributed by atoms with Crippen molar-refractivity contribution in [2.45, 2.75) is 26.1 Å². The van der Waals surface area contributed by atoms with Crippen molar-refractivity contribution in [2.24, 2.45) is 0 Å². The smallest absolute Gasteiger partial charge is 0.300 e. The molecule has 0 saturated carbocycles. The van der Waals surface area contributed by atoms with Crippen LogP contribution in [0.15, 0.2) is 0 Å². The fourth-order valence-electron chi connectivity index (χ4n) is 0.115. The number of carbonyl (C=O) groups is 2. The van der Waals surface area contributed by atoms with E-state index >= 15 is 0 Å². The van der Waals surface area contributed by atoms with E-state index in [-0.39, 0.29) is 26.4 Å². The van der Waals surface area contributed by atoms with Crippen LogP contribution in [-0.4, -0.2) is 91.4 Å². The Kier molecular flexibility index (Phi) is 31.0. The Labute approximate surface area is 116 Å². The van der Waals surface area contributed by atoms with E-state index in [1.807, 2.05) is 0 Å². The average Bonchev–Trinajstić information content (AvgIpc) is 2.36. The minimum atomic E-state index is -0.954. The lowest BCUT2D eigenvalue weighted by molar-refractivity contribution is -0.135. The van der Waals surface area contributed by atoms with E-state index < -0.39 is 24.1 Å². The van der Waals surface area contributed by atoms with E-state index in [2.05, 4.69) is 0 Å². The first-order valence-corrected chi connectivity index (χ1v) is 5.27. The molecule has 0 fully saturated rings. The number of carboxylic acid groups (broad SMARTS) is 2. The third-order valence-electron chi connectivity index (χ3n) is 0.843. The second kappa shape index (κ2) is 22.8. The summed E-state index contributed by atoms with van der Waals surface area (Å²) in [6.45, 7) is 0.708. The summed E-state index contributed by atoms with van der Waals surface area (Å²) in [6.07, 6.45) is -1.91. The molecular formula is C10H24O10. The van der Waals surface area contributed by atoms with Crippen LogP contribution in [0.1, 0.15) is 13.8 Å². The Balaban J connectivity index is -0.0000000871. The molecule has 0 bridgehead atoms. The number of aliphatic hydroxyl groups is 6. The molecule has 8 N–H and O–H groups in total. The highest BCUT2D eigenvalue weighted by molar-refractivity contribution is 5.63. The van der Waals surface area contributed by atoms with Crippen LogP contribution in [0.5, 0.6) is 0 Å². The lowest BCUT2D eigenvalue weighted by atomic mass is 10.4. The molecule has 0 aromatic heterocycles. The summed E-state index contributed by atoms with van der Waals surface area (Å²) >= 11 is 0. The summed E-state index contributed by atoms with van der Waals surface area (Å²) in [7, 11) is 0. The quantitative estimate of drug-likeness (QED) is 0.262. The molecule has 0 spiro atoms. The van der Waals surface area contributed by atoms with Crippen LogP contribution < -0.4 is 0 Å². The molecule has 0 amide bonds. The maximum Gasteiger partial charge on any atom is 0.300 e. The molecule has 0 rings (SSSR count). The van der Waals surface area contributed by atoms with Gasteiger partial charge in [-0.25, -0.2) is 0 Å². The van der Waals surface area contributed by atoms with E-state index in [4.69, 9.17) is 50.4 Å². The summed E-state index contributed by atoms with van der Waals surface area (Å²) in [4.78, 5) is 18.0. The number of aliphatic carboxylic acids is 2. The molecule has 0 atom stereocenters. The summed E-state index contributed by atoms with van der Waals surface area (Å²) in [5.74, 6) is -1.67. The standard InChI is InChI=1S/2C3H8O3.2C2H4O2/c2*4-1-3(6)2-5;2*1-2(3)4/h2*3-6H,1-2H2;2*1H3,(H,3,4). The molecular weight excluding hydrogens is 280 g/mol. The second-order valence-corrected chi connectivity index (χ2v) is 3.08. The van der Waals surface area contributed by atoms with Gasteiger partial charge in [0.1, 0.15) is 12.2 Å². The van der Waals surface area contributed by atoms with Crippen LogP contribution in [-0.2, 0) is 9.59 Å². The maximum absolute atomic E-state index is 9.00. The summed E-state index contributed by atoms with van der Waals surface area (Å²) in [6, 6.07) is 0. The number of hydrogen-bond acceptors (Lipinski definition) is 8. The van der Waals surface area contributed by atoms with Crippen molar-refractivity contribution in [2.75, 3.05) is 26.4 Å². The molecule has 0 aliphatic heterocycles. The molecule has 0 saturated heterocycles. The summed E-state index contributed by atoms with van der Waals surface area (Å²) in [5, 5.41) is 62.9. The molecule has 0 aromatic rings. The van der Waals surface area contributed by atoms with Crippen LogP contribution in [0.25, 0.3) is 0 Å². The molecule has 0 radical (unpaired) electrons. The number of aliphatic hydroxyl groups excluding tert-OH is 6. The fourth-order valence-corrected chi connectivity index (χ4v) is 0.115. The van der Waals surface area contributed by atoms with Gasteiger partial charge in [0, 0.05) is 13.8 Å². The number of hydrogen-bond donors (Lipinski definition) is 8. The zero-order chi connectivity index (χ0) is 17.1. The first-order chi connectivity index (χ1) is 9.08. The zero-order valence-corrected chi connectivity index (χ0v) is 11.4. The van der Waals surface area contributed by atoms with Gasteiger partial charge in [-0.3, -0.25) is 9.59 Å². The van der Waals surface area contributed by atoms with E-state index in [0.29, 0.717) is 0 Å². The monoisotopic (exact) mass is 304 g/mol. The van der Waals surface area contributed by atoms with E-state index in [1.165, 1.54) is 0 Å². The topological polar surface area (TPSA) is 196 Å². The molecule has 0 unspecified atom stereocenters. The van der Waals surface area contributed by atoms with Crippen LogP contribution in [0.3, 0.4) is 0 Å². The number of rotatable bonds is 4. The van der Waals surface area contributed by atoms with Gasteiger partial charge < -0.3 is 40.9 Å². The molecule has 0 aliphatic rings. The predicted molar refractivity (Wildman–Crippen MR) is 67.0 cm³/mol. The van der Waals surface area contributed by atoms with Gasteiger partial charge in [-0.2, -0.15) is 0 Å². The van der Waals surface area contributed by atoms with Gasteiger partial charge in [0.2, 0.25) is 0 Å². The maximum atomic E-state index is 9.00. The van der Waals surface area contributed by atoms with E-state index in [0.717, 1.165) is 13.8 Å². The zero-order valence-electron chi connectivity index (χ0n) is 11.4. The van der Waals surface area contributed by atoms with Crippen LogP contribution >= 0.6 is 0 Å². The highest BCUT2D eigenvalue weighted by atomic mass is 16.4. The average molecular weight is 304 g/mol. The first kappa shape index (κ1) is 27.1. The highest BCUT2D eigenvalue weighted by Gasteiger charge is 1.94. The van der Waals surface area contributed by atoms with Crippen molar-refractivity contribution in [1.29, 1.82) is 0 Å². The summed E-state index contributed by atoms with van der Waals surface area (Å²) < 4.78 is 0. The van der Waals surface area contributed by atoms with Gasteiger partial charge in [0.15, 0.2) is 0 Å². The van der Waals surface area contributed by atoms with Gasteiger partial charge >= 0.3 is 0 Å². The second-order valence-electron chi connectivity index (χ2n) is 3.08. The van der Waals surface area contributed by atoms with Gasteiger partial charge in [-0.15, -0.1) is 0 Å². The molecule has 10 nitrogen and oxygen atoms in total. The Hall–Kier alpha value is -1.30. The van der Waals surface area contributed by atoms with Gasteiger partial charge in [0.05, 0.1) is 26.4 Å². The molecule has 124 valence electrons. The highest BCUT2D eigenvalue weighted by Crippen LogP contribution is 1.72. The van der Waals surface area contributed by atoms with Crippen molar-refractivity contribution in [3.05, 3.63) is 0 Å². The van der Waals surface area contributed by atoms with Gasteiger partial charge in [-0.1, -0.05) is 0 Å². The van der Waals surface area contributed by atoms with E-state index in [9.17, 15) is 0 Å². The van der Waals surface area contributed by atoms with Crippen molar-refractivity contribution in [3.8, 4) is 0 Å². The van der Waals surface area contributed by atoms with Gasteiger partial charge in [0.25, 0.3) is 11.9 Å². The fraction of sp³-hybridized carbons (Fsp3) is 0.800.